The second-order valence-electron chi connectivity index (χ2n) is 7.83. The summed E-state index contributed by atoms with van der Waals surface area (Å²) in [6.07, 6.45) is 0.512. The number of nitrogens with zero attached hydrogens (tertiary/aromatic N) is 3. The lowest BCUT2D eigenvalue weighted by Crippen LogP contribution is -2.37. The fraction of sp³-hybridized carbons (Fsp3) is 0.400. The predicted molar refractivity (Wildman–Crippen MR) is 107 cm³/mol. The van der Waals surface area contributed by atoms with Gasteiger partial charge in [-0.3, -0.25) is 19.1 Å². The highest BCUT2D eigenvalue weighted by atomic mass is 16.3. The maximum atomic E-state index is 13.0. The van der Waals surface area contributed by atoms with E-state index in [1.54, 1.807) is 25.1 Å². The van der Waals surface area contributed by atoms with Crippen molar-refractivity contribution in [1.29, 1.82) is 0 Å². The van der Waals surface area contributed by atoms with Crippen molar-refractivity contribution in [2.24, 2.45) is 0 Å². The van der Waals surface area contributed by atoms with Gasteiger partial charge in [0.2, 0.25) is 0 Å². The van der Waals surface area contributed by atoms with Crippen LogP contribution in [0, 0.1) is 6.92 Å². The number of benzene rings is 1. The monoisotopic (exact) mass is 397 g/mol. The average Bonchev–Trinajstić information content (AvgIpc) is 3.27. The van der Waals surface area contributed by atoms with Crippen LogP contribution in [0.4, 0.5) is 0 Å². The first-order valence-corrected chi connectivity index (χ1v) is 9.53. The van der Waals surface area contributed by atoms with E-state index in [2.05, 4.69) is 15.0 Å². The molecule has 9 heteroatoms. The van der Waals surface area contributed by atoms with Crippen molar-refractivity contribution < 1.29 is 9.90 Å². The molecule has 29 heavy (non-hydrogen) atoms. The molecule has 0 spiro atoms. The van der Waals surface area contributed by atoms with Crippen LogP contribution in [0.2, 0.25) is 0 Å². The highest BCUT2D eigenvalue weighted by Crippen LogP contribution is 2.24. The minimum atomic E-state index is -0.912. The third-order valence-electron chi connectivity index (χ3n) is 5.34. The zero-order chi connectivity index (χ0) is 20.9. The van der Waals surface area contributed by atoms with Crippen LogP contribution in [0.15, 0.2) is 34.0 Å². The quantitative estimate of drug-likeness (QED) is 0.606. The van der Waals surface area contributed by atoms with Gasteiger partial charge in [0.05, 0.1) is 23.2 Å². The van der Waals surface area contributed by atoms with Gasteiger partial charge in [-0.1, -0.05) is 13.8 Å². The average molecular weight is 397 g/mol. The number of imidazole rings is 1. The van der Waals surface area contributed by atoms with Gasteiger partial charge in [0.25, 0.3) is 11.5 Å². The van der Waals surface area contributed by atoms with Crippen LogP contribution in [0.1, 0.15) is 47.6 Å². The molecule has 0 bridgehead atoms. The molecule has 1 aliphatic rings. The van der Waals surface area contributed by atoms with E-state index >= 15 is 0 Å². The van der Waals surface area contributed by atoms with Crippen LogP contribution in [-0.4, -0.2) is 54.6 Å². The Labute approximate surface area is 166 Å². The maximum Gasteiger partial charge on any atom is 0.328 e. The maximum absolute atomic E-state index is 13.0. The van der Waals surface area contributed by atoms with E-state index in [1.807, 2.05) is 13.8 Å². The fourth-order valence-corrected chi connectivity index (χ4v) is 3.66. The summed E-state index contributed by atoms with van der Waals surface area (Å²) in [5.74, 6) is 0.868. The number of amides is 1. The summed E-state index contributed by atoms with van der Waals surface area (Å²) in [6, 6.07) is 4.65. The molecule has 3 aromatic rings. The van der Waals surface area contributed by atoms with Gasteiger partial charge in [-0.05, 0) is 25.1 Å². The van der Waals surface area contributed by atoms with Gasteiger partial charge in [0.1, 0.15) is 5.82 Å². The zero-order valence-electron chi connectivity index (χ0n) is 16.5. The molecule has 3 heterocycles. The number of hydrogen-bond donors (Lipinski definition) is 3. The number of fused-ring (bicyclic) bond motifs is 1. The number of carbonyl (C=O) groups is 1. The van der Waals surface area contributed by atoms with E-state index in [4.69, 9.17) is 0 Å². The molecule has 9 nitrogen and oxygen atoms in total. The second-order valence-corrected chi connectivity index (χ2v) is 7.83. The Morgan fingerprint density at radius 1 is 1.24 bits per heavy atom. The molecule has 3 N–H and O–H groups in total. The molecule has 1 saturated heterocycles. The molecule has 2 aromatic heterocycles. The van der Waals surface area contributed by atoms with Gasteiger partial charge >= 0.3 is 5.69 Å². The van der Waals surface area contributed by atoms with Crippen LogP contribution in [0.3, 0.4) is 0 Å². The Morgan fingerprint density at radius 2 is 2.00 bits per heavy atom. The SMILES string of the molecule is Cc1cn([C@@H]2CN(C(=O)c3ccc4nc(C(C)C)[nH]c4c3)C[C@H]2O)c(=O)[nH]c1=O. The second kappa shape index (κ2) is 7.00. The lowest BCUT2D eigenvalue weighted by atomic mass is 10.2. The van der Waals surface area contributed by atoms with Crippen molar-refractivity contribution in [1.82, 2.24) is 24.4 Å². The van der Waals surface area contributed by atoms with Crippen molar-refractivity contribution in [3.05, 3.63) is 62.2 Å². The summed E-state index contributed by atoms with van der Waals surface area (Å²) in [7, 11) is 0. The summed E-state index contributed by atoms with van der Waals surface area (Å²) in [4.78, 5) is 48.2. The largest absolute Gasteiger partial charge is 0.389 e. The number of aliphatic hydroxyl groups excluding tert-OH is 1. The first-order chi connectivity index (χ1) is 13.7. The standard InChI is InChI=1S/C20H23N5O4/c1-10(2)17-21-13-5-4-12(6-14(13)22-17)19(28)24-8-15(16(26)9-24)25-7-11(3)18(27)23-20(25)29/h4-7,10,15-16,26H,8-9H2,1-3H3,(H,21,22)(H,23,27,29)/t15-,16-/m1/s1. The number of aromatic amines is 2. The normalized spacial score (nSPS) is 19.4. The Bertz CT molecular complexity index is 1210. The van der Waals surface area contributed by atoms with Crippen molar-refractivity contribution >= 4 is 16.9 Å². The van der Waals surface area contributed by atoms with Crippen molar-refractivity contribution in [3.8, 4) is 0 Å². The van der Waals surface area contributed by atoms with Crippen LogP contribution in [-0.2, 0) is 0 Å². The number of likely N-dealkylation sites (tertiary alicyclic amines) is 1. The van der Waals surface area contributed by atoms with Crippen molar-refractivity contribution in [2.45, 2.75) is 38.8 Å². The number of aryl methyl sites for hydroxylation is 1. The molecule has 0 saturated carbocycles. The summed E-state index contributed by atoms with van der Waals surface area (Å²) < 4.78 is 1.29. The minimum Gasteiger partial charge on any atom is -0.389 e. The number of rotatable bonds is 3. The van der Waals surface area contributed by atoms with Crippen LogP contribution in [0.5, 0.6) is 0 Å². The number of aromatic nitrogens is 4. The first kappa shape index (κ1) is 19.1. The molecule has 0 aliphatic carbocycles. The Kier molecular flexibility index (Phi) is 4.62. The van der Waals surface area contributed by atoms with Gasteiger partial charge in [-0.25, -0.2) is 9.78 Å². The van der Waals surface area contributed by atoms with Crippen molar-refractivity contribution in [2.75, 3.05) is 13.1 Å². The third kappa shape index (κ3) is 3.38. The van der Waals surface area contributed by atoms with E-state index < -0.39 is 23.4 Å². The minimum absolute atomic E-state index is 0.104. The number of nitrogens with one attached hydrogen (secondary N) is 2. The van der Waals surface area contributed by atoms with Gasteiger partial charge in [-0.15, -0.1) is 0 Å². The topological polar surface area (TPSA) is 124 Å². The number of carbonyl (C=O) groups excluding carboxylic acids is 1. The third-order valence-corrected chi connectivity index (χ3v) is 5.34. The first-order valence-electron chi connectivity index (χ1n) is 9.53. The summed E-state index contributed by atoms with van der Waals surface area (Å²) in [5, 5.41) is 10.5. The molecule has 1 aliphatic heterocycles. The lowest BCUT2D eigenvalue weighted by molar-refractivity contribution is 0.0765. The van der Waals surface area contributed by atoms with Gasteiger partial charge in [0.15, 0.2) is 0 Å². The molecule has 0 unspecified atom stereocenters. The van der Waals surface area contributed by atoms with Crippen LogP contribution < -0.4 is 11.2 Å². The number of hydrogen-bond acceptors (Lipinski definition) is 5. The summed E-state index contributed by atoms with van der Waals surface area (Å²) >= 11 is 0. The highest BCUT2D eigenvalue weighted by molar-refractivity contribution is 5.97. The molecule has 0 radical (unpaired) electrons. The smallest absolute Gasteiger partial charge is 0.328 e. The van der Waals surface area contributed by atoms with Gasteiger partial charge in [-0.2, -0.15) is 0 Å². The Hall–Kier alpha value is -3.20. The van der Waals surface area contributed by atoms with E-state index in [0.29, 0.717) is 11.1 Å². The zero-order valence-corrected chi connectivity index (χ0v) is 16.5. The predicted octanol–water partition coefficient (Wildman–Crippen LogP) is 0.903. The van der Waals surface area contributed by atoms with Crippen LogP contribution in [0.25, 0.3) is 11.0 Å². The Morgan fingerprint density at radius 3 is 2.72 bits per heavy atom. The number of H-pyrrole nitrogens is 2. The van der Waals surface area contributed by atoms with E-state index in [1.165, 1.54) is 15.7 Å². The molecule has 2 atom stereocenters. The van der Waals surface area contributed by atoms with E-state index in [-0.39, 0.29) is 24.9 Å². The van der Waals surface area contributed by atoms with E-state index in [0.717, 1.165) is 16.9 Å². The molecule has 1 aromatic carbocycles. The lowest BCUT2D eigenvalue weighted by Gasteiger charge is -2.18. The van der Waals surface area contributed by atoms with Gasteiger partial charge < -0.3 is 15.0 Å². The Balaban J connectivity index is 1.60. The molecular formula is C20H23N5O4. The molecule has 152 valence electrons. The van der Waals surface area contributed by atoms with Crippen molar-refractivity contribution in [3.63, 3.8) is 0 Å². The summed E-state index contributed by atoms with van der Waals surface area (Å²) in [6.45, 7) is 5.94. The number of β-amino-alcohol motifs (C(OH)–C–C–N with tert-alkyl or cyclic N) is 1. The molecule has 1 amide bonds. The van der Waals surface area contributed by atoms with Gasteiger partial charge in [0, 0.05) is 36.3 Å². The van der Waals surface area contributed by atoms with E-state index in [9.17, 15) is 19.5 Å². The molecule has 1 fully saturated rings. The highest BCUT2D eigenvalue weighted by Gasteiger charge is 2.36. The van der Waals surface area contributed by atoms with Crippen LogP contribution >= 0.6 is 0 Å². The molecular weight excluding hydrogens is 374 g/mol. The fourth-order valence-electron chi connectivity index (χ4n) is 3.66. The number of aliphatic hydroxyl groups is 1. The summed E-state index contributed by atoms with van der Waals surface area (Å²) in [5.41, 5.74) is 1.36. The molecule has 4 rings (SSSR count).